The quantitative estimate of drug-likeness (QED) is 0.586. The van der Waals surface area contributed by atoms with Crippen molar-refractivity contribution in [2.45, 2.75) is 11.8 Å². The molecule has 0 radical (unpaired) electrons. The zero-order chi connectivity index (χ0) is 17.7. The number of hydrogen-bond donors (Lipinski definition) is 2. The smallest absolute Gasteiger partial charge is 0.276 e. The molecule has 6 nitrogen and oxygen atoms in total. The molecule has 0 fully saturated rings. The number of phenolic OH excluding ortho intramolecular Hbond substituents is 1. The molecular formula is C15H14Cl2N2O4S. The molecule has 2 aromatic rings. The van der Waals surface area contributed by atoms with Gasteiger partial charge in [0, 0.05) is 10.6 Å². The molecule has 0 aliphatic heterocycles. The van der Waals surface area contributed by atoms with Gasteiger partial charge in [-0.2, -0.15) is 13.5 Å². The summed E-state index contributed by atoms with van der Waals surface area (Å²) in [5.74, 6) is 0.323. The largest absolute Gasteiger partial charge is 0.506 e. The minimum atomic E-state index is -3.85. The predicted molar refractivity (Wildman–Crippen MR) is 93.7 cm³/mol. The summed E-state index contributed by atoms with van der Waals surface area (Å²) in [6.07, 6.45) is 1.11. The van der Waals surface area contributed by atoms with Crippen LogP contribution in [0.1, 0.15) is 12.5 Å². The Labute approximate surface area is 149 Å². The second-order valence-electron chi connectivity index (χ2n) is 4.58. The van der Waals surface area contributed by atoms with Crippen molar-refractivity contribution in [3.63, 3.8) is 0 Å². The van der Waals surface area contributed by atoms with E-state index in [1.807, 2.05) is 11.8 Å². The predicted octanol–water partition coefficient (Wildman–Crippen LogP) is 3.41. The summed E-state index contributed by atoms with van der Waals surface area (Å²) in [7, 11) is -3.85. The Morgan fingerprint density at radius 3 is 2.54 bits per heavy atom. The van der Waals surface area contributed by atoms with Gasteiger partial charge in [-0.15, -0.1) is 0 Å². The Bertz CT molecular complexity index is 853. The lowest BCUT2D eigenvalue weighted by atomic mass is 10.2. The number of phenols is 1. The highest BCUT2D eigenvalue weighted by molar-refractivity contribution is 7.89. The molecule has 0 aromatic heterocycles. The number of nitrogens with one attached hydrogen (secondary N) is 1. The molecule has 128 valence electrons. The SMILES string of the molecule is CCOc1ccc(S(=O)(=O)NN=Cc2cc(Cl)cc(Cl)c2O)cc1. The number of hydrogen-bond acceptors (Lipinski definition) is 5. The molecule has 24 heavy (non-hydrogen) atoms. The molecular weight excluding hydrogens is 375 g/mol. The van der Waals surface area contributed by atoms with Gasteiger partial charge in [-0.25, -0.2) is 4.83 Å². The minimum absolute atomic E-state index is 0.0245. The standard InChI is InChI=1S/C15H14Cl2N2O4S/c1-2-23-12-3-5-13(6-4-12)24(21,22)19-18-9-10-7-11(16)8-14(17)15(10)20/h3-9,19-20H,2H2,1H3. The van der Waals surface area contributed by atoms with Gasteiger partial charge in [0.15, 0.2) is 0 Å². The third-order valence-electron chi connectivity index (χ3n) is 2.88. The number of sulfonamides is 1. The fraction of sp³-hybridized carbons (Fsp3) is 0.133. The third kappa shape index (κ3) is 4.53. The molecule has 0 saturated heterocycles. The molecule has 2 rings (SSSR count). The number of aromatic hydroxyl groups is 1. The van der Waals surface area contributed by atoms with Crippen molar-refractivity contribution in [2.24, 2.45) is 5.10 Å². The van der Waals surface area contributed by atoms with Gasteiger partial charge in [0.2, 0.25) is 0 Å². The van der Waals surface area contributed by atoms with Crippen LogP contribution in [0, 0.1) is 0 Å². The summed E-state index contributed by atoms with van der Waals surface area (Å²) in [6.45, 7) is 2.32. The van der Waals surface area contributed by atoms with E-state index < -0.39 is 10.0 Å². The molecule has 9 heteroatoms. The Balaban J connectivity index is 2.15. The van der Waals surface area contributed by atoms with E-state index in [1.54, 1.807) is 12.1 Å². The number of halogens is 2. The van der Waals surface area contributed by atoms with E-state index in [2.05, 4.69) is 5.10 Å². The fourth-order valence-corrected chi connectivity index (χ4v) is 3.08. The molecule has 0 bridgehead atoms. The summed E-state index contributed by atoms with van der Waals surface area (Å²) in [4.78, 5) is 2.07. The van der Waals surface area contributed by atoms with Crippen molar-refractivity contribution < 1.29 is 18.3 Å². The highest BCUT2D eigenvalue weighted by Crippen LogP contribution is 2.29. The second kappa shape index (κ2) is 7.74. The highest BCUT2D eigenvalue weighted by Gasteiger charge is 2.13. The maximum absolute atomic E-state index is 12.1. The lowest BCUT2D eigenvalue weighted by Crippen LogP contribution is -2.18. The van der Waals surface area contributed by atoms with Gasteiger partial charge in [0.25, 0.3) is 10.0 Å². The molecule has 0 aliphatic carbocycles. The molecule has 0 aliphatic rings. The summed E-state index contributed by atoms with van der Waals surface area (Å²) in [6, 6.07) is 8.65. The third-order valence-corrected chi connectivity index (χ3v) is 4.62. The van der Waals surface area contributed by atoms with Crippen LogP contribution in [0.4, 0.5) is 0 Å². The maximum atomic E-state index is 12.1. The van der Waals surface area contributed by atoms with Crippen LogP contribution >= 0.6 is 23.2 Å². The minimum Gasteiger partial charge on any atom is -0.506 e. The van der Waals surface area contributed by atoms with Crippen molar-refractivity contribution in [1.29, 1.82) is 0 Å². The van der Waals surface area contributed by atoms with Crippen molar-refractivity contribution in [3.05, 3.63) is 52.0 Å². The van der Waals surface area contributed by atoms with E-state index in [-0.39, 0.29) is 26.3 Å². The van der Waals surface area contributed by atoms with Gasteiger partial charge in [0.05, 0.1) is 22.7 Å². The van der Waals surface area contributed by atoms with Crippen molar-refractivity contribution in [1.82, 2.24) is 4.83 Å². The Morgan fingerprint density at radius 2 is 1.92 bits per heavy atom. The first-order chi connectivity index (χ1) is 11.3. The number of hydrazone groups is 1. The molecule has 0 unspecified atom stereocenters. The van der Waals surface area contributed by atoms with Crippen molar-refractivity contribution in [2.75, 3.05) is 6.61 Å². The average Bonchev–Trinajstić information content (AvgIpc) is 2.52. The van der Waals surface area contributed by atoms with Gasteiger partial charge >= 0.3 is 0 Å². The van der Waals surface area contributed by atoms with E-state index in [0.717, 1.165) is 6.21 Å². The fourth-order valence-electron chi connectivity index (χ4n) is 1.78. The number of nitrogens with zero attached hydrogens (tertiary/aromatic N) is 1. The van der Waals surface area contributed by atoms with E-state index in [0.29, 0.717) is 12.4 Å². The summed E-state index contributed by atoms with van der Waals surface area (Å²) < 4.78 is 29.5. The average molecular weight is 389 g/mol. The topological polar surface area (TPSA) is 88.0 Å². The van der Waals surface area contributed by atoms with Gasteiger partial charge in [-0.05, 0) is 43.3 Å². The first-order valence-corrected chi connectivity index (χ1v) is 9.03. The first kappa shape index (κ1) is 18.4. The van der Waals surface area contributed by atoms with Gasteiger partial charge in [0.1, 0.15) is 11.5 Å². The van der Waals surface area contributed by atoms with E-state index in [4.69, 9.17) is 27.9 Å². The monoisotopic (exact) mass is 388 g/mol. The Hall–Kier alpha value is -1.96. The molecule has 0 atom stereocenters. The van der Waals surface area contributed by atoms with Crippen LogP contribution in [-0.2, 0) is 10.0 Å². The zero-order valence-electron chi connectivity index (χ0n) is 12.5. The summed E-state index contributed by atoms with van der Waals surface area (Å²) >= 11 is 11.6. The maximum Gasteiger partial charge on any atom is 0.276 e. The normalized spacial score (nSPS) is 11.6. The number of ether oxygens (including phenoxy) is 1. The highest BCUT2D eigenvalue weighted by atomic mass is 35.5. The zero-order valence-corrected chi connectivity index (χ0v) is 14.9. The lowest BCUT2D eigenvalue weighted by molar-refractivity contribution is 0.340. The lowest BCUT2D eigenvalue weighted by Gasteiger charge is -2.06. The van der Waals surface area contributed by atoms with Crippen molar-refractivity contribution in [3.8, 4) is 11.5 Å². The van der Waals surface area contributed by atoms with E-state index in [9.17, 15) is 13.5 Å². The Morgan fingerprint density at radius 1 is 1.25 bits per heavy atom. The summed E-state index contributed by atoms with van der Waals surface area (Å²) in [5, 5.41) is 13.7. The van der Waals surface area contributed by atoms with Crippen LogP contribution in [0.15, 0.2) is 46.4 Å². The molecule has 0 amide bonds. The van der Waals surface area contributed by atoms with E-state index >= 15 is 0 Å². The molecule has 0 saturated carbocycles. The first-order valence-electron chi connectivity index (χ1n) is 6.79. The van der Waals surface area contributed by atoms with Crippen LogP contribution in [0.2, 0.25) is 10.0 Å². The Kier molecular flexibility index (Phi) is 5.93. The van der Waals surface area contributed by atoms with Crippen molar-refractivity contribution >= 4 is 39.4 Å². The van der Waals surface area contributed by atoms with Crippen LogP contribution in [-0.4, -0.2) is 26.3 Å². The second-order valence-corrected chi connectivity index (χ2v) is 7.09. The van der Waals surface area contributed by atoms with Gasteiger partial charge in [-0.3, -0.25) is 0 Å². The van der Waals surface area contributed by atoms with Gasteiger partial charge < -0.3 is 9.84 Å². The number of benzene rings is 2. The number of rotatable bonds is 6. The van der Waals surface area contributed by atoms with Crippen LogP contribution in [0.3, 0.4) is 0 Å². The molecule has 0 heterocycles. The van der Waals surface area contributed by atoms with Crippen LogP contribution in [0.5, 0.6) is 11.5 Å². The summed E-state index contributed by atoms with van der Waals surface area (Å²) in [5.41, 5.74) is 0.182. The van der Waals surface area contributed by atoms with Crippen LogP contribution in [0.25, 0.3) is 0 Å². The van der Waals surface area contributed by atoms with Crippen LogP contribution < -0.4 is 9.57 Å². The van der Waals surface area contributed by atoms with Gasteiger partial charge in [-0.1, -0.05) is 23.2 Å². The molecule has 0 spiro atoms. The van der Waals surface area contributed by atoms with E-state index in [1.165, 1.54) is 24.3 Å². The molecule has 2 N–H and O–H groups in total. The molecule has 2 aromatic carbocycles.